The van der Waals surface area contributed by atoms with Crippen molar-refractivity contribution in [2.75, 3.05) is 18.0 Å². The standard InChI is InChI=1S/C15H16N6O/c1-10-4-14(19-9-18-10)20-7-11-5-12(8-20)21(11)15(22)13-6-16-2-3-17-13/h2-4,6,9,11-12H,5,7-8H2,1H3. The van der Waals surface area contributed by atoms with Crippen LogP contribution in [0.4, 0.5) is 5.82 Å². The van der Waals surface area contributed by atoms with Crippen LogP contribution < -0.4 is 4.90 Å². The number of nitrogens with zero attached hydrogens (tertiary/aromatic N) is 6. The maximum absolute atomic E-state index is 12.5. The van der Waals surface area contributed by atoms with Crippen molar-refractivity contribution >= 4 is 11.7 Å². The van der Waals surface area contributed by atoms with Gasteiger partial charge in [0.25, 0.3) is 5.91 Å². The van der Waals surface area contributed by atoms with Gasteiger partial charge in [-0.2, -0.15) is 0 Å². The van der Waals surface area contributed by atoms with E-state index in [0.717, 1.165) is 31.0 Å². The molecule has 3 fully saturated rings. The summed E-state index contributed by atoms with van der Waals surface area (Å²) in [6.07, 6.45) is 7.30. The molecule has 3 saturated heterocycles. The van der Waals surface area contributed by atoms with Crippen LogP contribution in [-0.2, 0) is 0 Å². The number of aromatic nitrogens is 4. The lowest BCUT2D eigenvalue weighted by molar-refractivity contribution is 0.00519. The lowest BCUT2D eigenvalue weighted by atomic mass is 9.87. The molecule has 2 unspecified atom stereocenters. The van der Waals surface area contributed by atoms with Crippen molar-refractivity contribution in [1.82, 2.24) is 24.8 Å². The van der Waals surface area contributed by atoms with E-state index in [2.05, 4.69) is 24.8 Å². The Morgan fingerprint density at radius 2 is 2.00 bits per heavy atom. The molecule has 0 aromatic carbocycles. The molecule has 0 saturated carbocycles. The van der Waals surface area contributed by atoms with Crippen LogP contribution in [0.2, 0.25) is 0 Å². The fourth-order valence-corrected chi connectivity index (χ4v) is 3.28. The van der Waals surface area contributed by atoms with Crippen molar-refractivity contribution in [2.24, 2.45) is 0 Å². The molecule has 5 rings (SSSR count). The quantitative estimate of drug-likeness (QED) is 0.811. The van der Waals surface area contributed by atoms with Crippen molar-refractivity contribution in [3.05, 3.63) is 42.4 Å². The first-order valence-electron chi connectivity index (χ1n) is 7.34. The molecule has 112 valence electrons. The molecule has 2 aromatic rings. The number of piperazine rings is 1. The highest BCUT2D eigenvalue weighted by Crippen LogP contribution is 2.34. The summed E-state index contributed by atoms with van der Waals surface area (Å²) in [5.74, 6) is 0.918. The summed E-state index contributed by atoms with van der Waals surface area (Å²) in [5.41, 5.74) is 1.38. The minimum absolute atomic E-state index is 0.0205. The molecule has 0 N–H and O–H groups in total. The molecule has 3 aliphatic rings. The van der Waals surface area contributed by atoms with Crippen molar-refractivity contribution in [1.29, 1.82) is 0 Å². The molecule has 0 spiro atoms. The second-order valence-corrected chi connectivity index (χ2v) is 5.77. The summed E-state index contributed by atoms with van der Waals surface area (Å²) < 4.78 is 0. The van der Waals surface area contributed by atoms with Gasteiger partial charge in [0.15, 0.2) is 0 Å². The maximum Gasteiger partial charge on any atom is 0.274 e. The van der Waals surface area contributed by atoms with E-state index in [9.17, 15) is 4.79 Å². The second-order valence-electron chi connectivity index (χ2n) is 5.77. The molecule has 22 heavy (non-hydrogen) atoms. The van der Waals surface area contributed by atoms with Crippen LogP contribution in [0.15, 0.2) is 31.0 Å². The number of fused-ring (bicyclic) bond motifs is 2. The lowest BCUT2D eigenvalue weighted by Gasteiger charge is -2.56. The number of rotatable bonds is 2. The van der Waals surface area contributed by atoms with E-state index in [4.69, 9.17) is 0 Å². The van der Waals surface area contributed by atoms with Crippen LogP contribution in [0.5, 0.6) is 0 Å². The van der Waals surface area contributed by atoms with E-state index in [0.29, 0.717) is 5.69 Å². The lowest BCUT2D eigenvalue weighted by Crippen LogP contribution is -2.70. The normalized spacial score (nSPS) is 23.1. The van der Waals surface area contributed by atoms with Gasteiger partial charge in [-0.15, -0.1) is 0 Å². The topological polar surface area (TPSA) is 75.1 Å². The Kier molecular flexibility index (Phi) is 2.99. The van der Waals surface area contributed by atoms with Gasteiger partial charge in [-0.05, 0) is 13.3 Å². The predicted octanol–water partition coefficient (Wildman–Crippen LogP) is 0.678. The Bertz CT molecular complexity index is 694. The smallest absolute Gasteiger partial charge is 0.274 e. The molecular weight excluding hydrogens is 280 g/mol. The van der Waals surface area contributed by atoms with Crippen LogP contribution in [0.3, 0.4) is 0 Å². The Balaban J connectivity index is 1.50. The number of carbonyl (C=O) groups is 1. The third-order valence-corrected chi connectivity index (χ3v) is 4.32. The van der Waals surface area contributed by atoms with Crippen molar-refractivity contribution < 1.29 is 4.79 Å². The second kappa shape index (κ2) is 5.01. The first kappa shape index (κ1) is 13.1. The van der Waals surface area contributed by atoms with Crippen molar-refractivity contribution in [3.8, 4) is 0 Å². The fraction of sp³-hybridized carbons (Fsp3) is 0.400. The number of piperidine rings is 1. The number of hydrogen-bond donors (Lipinski definition) is 0. The van der Waals surface area contributed by atoms with E-state index in [1.807, 2.05) is 17.9 Å². The van der Waals surface area contributed by atoms with E-state index in [1.54, 1.807) is 18.7 Å². The average molecular weight is 296 g/mol. The van der Waals surface area contributed by atoms with Gasteiger partial charge >= 0.3 is 0 Å². The van der Waals surface area contributed by atoms with Gasteiger partial charge in [0.1, 0.15) is 17.8 Å². The van der Waals surface area contributed by atoms with Crippen molar-refractivity contribution in [3.63, 3.8) is 0 Å². The van der Waals surface area contributed by atoms with Gasteiger partial charge in [-0.25, -0.2) is 15.0 Å². The van der Waals surface area contributed by atoms with E-state index < -0.39 is 0 Å². The summed E-state index contributed by atoms with van der Waals surface area (Å²) in [4.78, 5) is 33.2. The number of aryl methyl sites for hydroxylation is 1. The zero-order chi connectivity index (χ0) is 15.1. The molecule has 2 bridgehead atoms. The van der Waals surface area contributed by atoms with Gasteiger partial charge in [0.05, 0.1) is 18.3 Å². The molecule has 5 heterocycles. The van der Waals surface area contributed by atoms with Gasteiger partial charge < -0.3 is 9.80 Å². The zero-order valence-corrected chi connectivity index (χ0v) is 12.3. The highest BCUT2D eigenvalue weighted by atomic mass is 16.2. The zero-order valence-electron chi connectivity index (χ0n) is 12.3. The van der Waals surface area contributed by atoms with Crippen LogP contribution in [0.25, 0.3) is 0 Å². The summed E-state index contributed by atoms with van der Waals surface area (Å²) in [5, 5.41) is 0. The first-order valence-corrected chi connectivity index (χ1v) is 7.34. The largest absolute Gasteiger partial charge is 0.352 e. The predicted molar refractivity (Wildman–Crippen MR) is 79.4 cm³/mol. The summed E-state index contributed by atoms with van der Waals surface area (Å²) >= 11 is 0. The third-order valence-electron chi connectivity index (χ3n) is 4.32. The number of hydrogen-bond acceptors (Lipinski definition) is 6. The van der Waals surface area contributed by atoms with E-state index in [-0.39, 0.29) is 18.0 Å². The Morgan fingerprint density at radius 1 is 1.18 bits per heavy atom. The minimum atomic E-state index is -0.0205. The number of anilines is 1. The van der Waals surface area contributed by atoms with E-state index in [1.165, 1.54) is 6.20 Å². The van der Waals surface area contributed by atoms with Crippen LogP contribution in [0, 0.1) is 6.92 Å². The minimum Gasteiger partial charge on any atom is -0.352 e. The molecule has 7 nitrogen and oxygen atoms in total. The number of carbonyl (C=O) groups excluding carboxylic acids is 1. The molecule has 2 aromatic heterocycles. The summed E-state index contributed by atoms with van der Waals surface area (Å²) in [6, 6.07) is 2.44. The van der Waals surface area contributed by atoms with Gasteiger partial charge in [0.2, 0.25) is 0 Å². The molecule has 0 radical (unpaired) electrons. The average Bonchev–Trinajstić information content (AvgIpc) is 2.55. The van der Waals surface area contributed by atoms with Gasteiger partial charge in [-0.1, -0.05) is 0 Å². The molecular formula is C15H16N6O. The monoisotopic (exact) mass is 296 g/mol. The SMILES string of the molecule is Cc1cc(N2CC3CC(C2)N3C(=O)c2cnccn2)ncn1. The summed E-state index contributed by atoms with van der Waals surface area (Å²) in [7, 11) is 0. The highest BCUT2D eigenvalue weighted by molar-refractivity contribution is 5.93. The van der Waals surface area contributed by atoms with Gasteiger partial charge in [0, 0.05) is 37.2 Å². The molecule has 7 heteroatoms. The van der Waals surface area contributed by atoms with Crippen LogP contribution in [-0.4, -0.2) is 55.9 Å². The molecule has 3 aliphatic heterocycles. The Hall–Kier alpha value is -2.57. The third kappa shape index (κ3) is 2.09. The fourth-order valence-electron chi connectivity index (χ4n) is 3.28. The van der Waals surface area contributed by atoms with Gasteiger partial charge in [-0.3, -0.25) is 9.78 Å². The molecule has 1 amide bonds. The molecule has 0 aliphatic carbocycles. The first-order chi connectivity index (χ1) is 10.7. The van der Waals surface area contributed by atoms with Crippen LogP contribution in [0.1, 0.15) is 22.6 Å². The summed E-state index contributed by atoms with van der Waals surface area (Å²) in [6.45, 7) is 3.57. The number of amides is 1. The molecule has 2 atom stereocenters. The Labute approximate surface area is 128 Å². The van der Waals surface area contributed by atoms with Crippen LogP contribution >= 0.6 is 0 Å². The van der Waals surface area contributed by atoms with Crippen molar-refractivity contribution in [2.45, 2.75) is 25.4 Å². The maximum atomic E-state index is 12.5. The highest BCUT2D eigenvalue weighted by Gasteiger charge is 2.48. The Morgan fingerprint density at radius 3 is 2.68 bits per heavy atom. The van der Waals surface area contributed by atoms with E-state index >= 15 is 0 Å².